The molecule has 1 nitrogen and oxygen atoms in total. The highest BCUT2D eigenvalue weighted by molar-refractivity contribution is 9.10. The number of benzene rings is 1. The van der Waals surface area contributed by atoms with Crippen molar-refractivity contribution in [1.82, 2.24) is 5.32 Å². The number of hydrogen-bond acceptors (Lipinski definition) is 1. The van der Waals surface area contributed by atoms with Gasteiger partial charge in [-0.3, -0.25) is 0 Å². The van der Waals surface area contributed by atoms with Crippen LogP contribution in [0.2, 0.25) is 0 Å². The Bertz CT molecular complexity index is 406. The van der Waals surface area contributed by atoms with Crippen LogP contribution < -0.4 is 5.32 Å². The minimum Gasteiger partial charge on any atom is -0.311 e. The molecular weight excluding hydrogens is 286 g/mol. The molecule has 1 atom stereocenters. The van der Waals surface area contributed by atoms with Gasteiger partial charge < -0.3 is 5.32 Å². The fourth-order valence-corrected chi connectivity index (χ4v) is 2.18. The first-order chi connectivity index (χ1) is 8.26. The standard InChI is InChI=1S/C16H24BrN/c1-6-16(5,12-18-15(2,3)4)11-13-9-7-8-10-14(13)17/h6-10,18H,1,11-12H2,2-5H3. The molecule has 0 saturated carbocycles. The number of nitrogens with one attached hydrogen (secondary N) is 1. The lowest BCUT2D eigenvalue weighted by Gasteiger charge is -2.31. The van der Waals surface area contributed by atoms with Crippen molar-refractivity contribution in [2.24, 2.45) is 5.41 Å². The van der Waals surface area contributed by atoms with Gasteiger partial charge in [-0.05, 0) is 38.8 Å². The minimum absolute atomic E-state index is 0.0666. The molecule has 100 valence electrons. The van der Waals surface area contributed by atoms with E-state index < -0.39 is 0 Å². The van der Waals surface area contributed by atoms with E-state index in [1.165, 1.54) is 10.0 Å². The molecule has 0 fully saturated rings. The largest absolute Gasteiger partial charge is 0.311 e. The van der Waals surface area contributed by atoms with Gasteiger partial charge in [0.05, 0.1) is 0 Å². The second-order valence-corrected chi connectivity index (χ2v) is 7.08. The molecule has 1 aromatic rings. The number of rotatable bonds is 5. The third-order valence-electron chi connectivity index (χ3n) is 3.07. The summed E-state index contributed by atoms with van der Waals surface area (Å²) in [5, 5.41) is 3.57. The molecule has 0 heterocycles. The normalized spacial score (nSPS) is 15.2. The van der Waals surface area contributed by atoms with Crippen molar-refractivity contribution in [3.8, 4) is 0 Å². The number of halogens is 1. The molecule has 0 aliphatic heterocycles. The topological polar surface area (TPSA) is 12.0 Å². The number of hydrogen-bond donors (Lipinski definition) is 1. The van der Waals surface area contributed by atoms with Crippen LogP contribution in [0.5, 0.6) is 0 Å². The average Bonchev–Trinajstić information content (AvgIpc) is 2.29. The fraction of sp³-hybridized carbons (Fsp3) is 0.500. The maximum Gasteiger partial charge on any atom is 0.0207 e. The van der Waals surface area contributed by atoms with Crippen LogP contribution in [0.4, 0.5) is 0 Å². The van der Waals surface area contributed by atoms with Crippen molar-refractivity contribution >= 4 is 15.9 Å². The Morgan fingerprint density at radius 1 is 1.22 bits per heavy atom. The maximum absolute atomic E-state index is 4.00. The second-order valence-electron chi connectivity index (χ2n) is 6.23. The molecule has 2 heteroatoms. The highest BCUT2D eigenvalue weighted by Gasteiger charge is 2.24. The summed E-state index contributed by atoms with van der Waals surface area (Å²) >= 11 is 3.61. The molecule has 1 rings (SSSR count). The first-order valence-electron chi connectivity index (χ1n) is 6.38. The van der Waals surface area contributed by atoms with Crippen LogP contribution in [0, 0.1) is 5.41 Å². The maximum atomic E-state index is 4.00. The molecular formula is C16H24BrN. The van der Waals surface area contributed by atoms with Gasteiger partial charge in [0.15, 0.2) is 0 Å². The van der Waals surface area contributed by atoms with E-state index >= 15 is 0 Å². The molecule has 0 saturated heterocycles. The SMILES string of the molecule is C=CC(C)(CNC(C)(C)C)Cc1ccccc1Br. The van der Waals surface area contributed by atoms with Gasteiger partial charge in [-0.1, -0.05) is 47.1 Å². The average molecular weight is 310 g/mol. The van der Waals surface area contributed by atoms with Crippen molar-refractivity contribution in [3.63, 3.8) is 0 Å². The lowest BCUT2D eigenvalue weighted by Crippen LogP contribution is -2.43. The van der Waals surface area contributed by atoms with Gasteiger partial charge in [0.1, 0.15) is 0 Å². The van der Waals surface area contributed by atoms with E-state index in [1.807, 2.05) is 6.07 Å². The van der Waals surface area contributed by atoms with Crippen molar-refractivity contribution in [2.75, 3.05) is 6.54 Å². The van der Waals surface area contributed by atoms with Crippen molar-refractivity contribution in [2.45, 2.75) is 39.7 Å². The molecule has 0 aromatic heterocycles. The van der Waals surface area contributed by atoms with E-state index in [2.05, 4.69) is 79.8 Å². The van der Waals surface area contributed by atoms with E-state index in [-0.39, 0.29) is 11.0 Å². The molecule has 0 bridgehead atoms. The Balaban J connectivity index is 2.77. The quantitative estimate of drug-likeness (QED) is 0.785. The predicted octanol–water partition coefficient (Wildman–Crippen LogP) is 4.57. The van der Waals surface area contributed by atoms with Crippen LogP contribution in [-0.4, -0.2) is 12.1 Å². The van der Waals surface area contributed by atoms with Crippen molar-refractivity contribution in [3.05, 3.63) is 47.0 Å². The summed E-state index contributed by atoms with van der Waals surface area (Å²) in [6, 6.07) is 8.39. The van der Waals surface area contributed by atoms with Crippen LogP contribution >= 0.6 is 15.9 Å². The molecule has 0 radical (unpaired) electrons. The van der Waals surface area contributed by atoms with Crippen LogP contribution in [0.15, 0.2) is 41.4 Å². The van der Waals surface area contributed by atoms with Gasteiger partial charge in [0.25, 0.3) is 0 Å². The van der Waals surface area contributed by atoms with E-state index in [1.54, 1.807) is 0 Å². The fourth-order valence-electron chi connectivity index (χ4n) is 1.75. The molecule has 1 aromatic carbocycles. The summed E-state index contributed by atoms with van der Waals surface area (Å²) in [5.74, 6) is 0. The first kappa shape index (κ1) is 15.5. The molecule has 0 spiro atoms. The Hall–Kier alpha value is -0.600. The molecule has 0 amide bonds. The Labute approximate surface area is 120 Å². The smallest absolute Gasteiger partial charge is 0.0207 e. The second kappa shape index (κ2) is 6.03. The van der Waals surface area contributed by atoms with E-state index in [9.17, 15) is 0 Å². The van der Waals surface area contributed by atoms with Gasteiger partial charge in [-0.2, -0.15) is 0 Å². The van der Waals surface area contributed by atoms with Crippen LogP contribution in [-0.2, 0) is 6.42 Å². The van der Waals surface area contributed by atoms with Crippen molar-refractivity contribution < 1.29 is 0 Å². The van der Waals surface area contributed by atoms with E-state index in [4.69, 9.17) is 0 Å². The van der Waals surface area contributed by atoms with Gasteiger partial charge in [0, 0.05) is 22.0 Å². The Morgan fingerprint density at radius 3 is 2.33 bits per heavy atom. The van der Waals surface area contributed by atoms with Crippen molar-refractivity contribution in [1.29, 1.82) is 0 Å². The summed E-state index contributed by atoms with van der Waals surface area (Å²) in [6.45, 7) is 13.8. The zero-order valence-corrected chi connectivity index (χ0v) is 13.5. The molecule has 1 N–H and O–H groups in total. The predicted molar refractivity (Wildman–Crippen MR) is 83.9 cm³/mol. The van der Waals surface area contributed by atoms with Crippen LogP contribution in [0.3, 0.4) is 0 Å². The highest BCUT2D eigenvalue weighted by atomic mass is 79.9. The molecule has 0 aliphatic carbocycles. The summed E-state index contributed by atoms with van der Waals surface area (Å²) in [6.07, 6.45) is 3.05. The van der Waals surface area contributed by atoms with Gasteiger partial charge in [0.2, 0.25) is 0 Å². The summed E-state index contributed by atoms with van der Waals surface area (Å²) in [4.78, 5) is 0. The minimum atomic E-state index is 0.0666. The van der Waals surface area contributed by atoms with Gasteiger partial charge >= 0.3 is 0 Å². The lowest BCUT2D eigenvalue weighted by molar-refractivity contribution is 0.322. The molecule has 18 heavy (non-hydrogen) atoms. The third-order valence-corrected chi connectivity index (χ3v) is 3.84. The van der Waals surface area contributed by atoms with Gasteiger partial charge in [-0.15, -0.1) is 6.58 Å². The first-order valence-corrected chi connectivity index (χ1v) is 7.17. The van der Waals surface area contributed by atoms with Gasteiger partial charge in [-0.25, -0.2) is 0 Å². The highest BCUT2D eigenvalue weighted by Crippen LogP contribution is 2.28. The summed E-state index contributed by atoms with van der Waals surface area (Å²) < 4.78 is 1.17. The molecule has 0 aliphatic rings. The zero-order chi connectivity index (χ0) is 13.8. The third kappa shape index (κ3) is 4.95. The van der Waals surface area contributed by atoms with Crippen LogP contribution in [0.1, 0.15) is 33.3 Å². The monoisotopic (exact) mass is 309 g/mol. The molecule has 1 unspecified atom stereocenters. The lowest BCUT2D eigenvalue weighted by atomic mass is 9.83. The van der Waals surface area contributed by atoms with E-state index in [0.29, 0.717) is 0 Å². The van der Waals surface area contributed by atoms with E-state index in [0.717, 1.165) is 13.0 Å². The Morgan fingerprint density at radius 2 is 1.83 bits per heavy atom. The Kier molecular flexibility index (Phi) is 5.18. The van der Waals surface area contributed by atoms with Crippen LogP contribution in [0.25, 0.3) is 0 Å². The zero-order valence-electron chi connectivity index (χ0n) is 11.9. The summed E-state index contributed by atoms with van der Waals surface area (Å²) in [5.41, 5.74) is 1.53. The summed E-state index contributed by atoms with van der Waals surface area (Å²) in [7, 11) is 0.